The Kier molecular flexibility index (Phi) is 4.22. The maximum Gasteiger partial charge on any atom is 0.135 e. The molecule has 0 bridgehead atoms. The van der Waals surface area contributed by atoms with E-state index in [9.17, 15) is 0 Å². The second-order valence-electron chi connectivity index (χ2n) is 5.51. The molecule has 0 spiro atoms. The van der Waals surface area contributed by atoms with Gasteiger partial charge in [0.05, 0.1) is 12.6 Å². The number of nitrogen functional groups attached to an aromatic ring is 1. The number of methoxy groups -OCH3 is 1. The molecule has 1 heterocycles. The lowest BCUT2D eigenvalue weighted by molar-refractivity contribution is 0.409. The molecule has 4 nitrogen and oxygen atoms in total. The van der Waals surface area contributed by atoms with Crippen LogP contribution in [-0.2, 0) is 0 Å². The summed E-state index contributed by atoms with van der Waals surface area (Å²) in [6.07, 6.45) is 0. The molecule has 0 saturated heterocycles. The van der Waals surface area contributed by atoms with Gasteiger partial charge >= 0.3 is 0 Å². The van der Waals surface area contributed by atoms with Crippen LogP contribution < -0.4 is 10.5 Å². The summed E-state index contributed by atoms with van der Waals surface area (Å²) >= 11 is 3.53. The van der Waals surface area contributed by atoms with Gasteiger partial charge in [-0.1, -0.05) is 35.0 Å². The maximum atomic E-state index is 6.21. The molecule has 0 radical (unpaired) electrons. The highest BCUT2D eigenvalue weighted by Crippen LogP contribution is 2.39. The molecule has 118 valence electrons. The highest BCUT2D eigenvalue weighted by atomic mass is 79.9. The quantitative estimate of drug-likeness (QED) is 0.738. The molecule has 5 heteroatoms. The minimum absolute atomic E-state index is 0.0970. The first-order valence-corrected chi connectivity index (χ1v) is 8.16. The predicted molar refractivity (Wildman–Crippen MR) is 96.9 cm³/mol. The Hall–Kier alpha value is -2.14. The Morgan fingerprint density at radius 3 is 2.65 bits per heavy atom. The number of fused-ring (bicyclic) bond motifs is 1. The first-order chi connectivity index (χ1) is 11.0. The zero-order valence-corrected chi connectivity index (χ0v) is 14.9. The van der Waals surface area contributed by atoms with Gasteiger partial charge in [-0.25, -0.2) is 9.97 Å². The van der Waals surface area contributed by atoms with E-state index < -0.39 is 0 Å². The van der Waals surface area contributed by atoms with Gasteiger partial charge in [0.25, 0.3) is 0 Å². The Labute approximate surface area is 143 Å². The number of anilines is 1. The van der Waals surface area contributed by atoms with Gasteiger partial charge in [-0.3, -0.25) is 0 Å². The molecule has 0 unspecified atom stereocenters. The third-order valence-corrected chi connectivity index (χ3v) is 4.50. The molecule has 0 aliphatic heterocycles. The summed E-state index contributed by atoms with van der Waals surface area (Å²) in [6, 6.07) is 12.1. The number of rotatable bonds is 3. The van der Waals surface area contributed by atoms with Gasteiger partial charge in [-0.2, -0.15) is 0 Å². The average molecular weight is 372 g/mol. The largest absolute Gasteiger partial charge is 0.496 e. The van der Waals surface area contributed by atoms with E-state index in [2.05, 4.69) is 45.0 Å². The average Bonchev–Trinajstić information content (AvgIpc) is 2.53. The van der Waals surface area contributed by atoms with Gasteiger partial charge in [0.1, 0.15) is 17.4 Å². The van der Waals surface area contributed by atoms with Crippen molar-refractivity contribution in [2.24, 2.45) is 0 Å². The first-order valence-electron chi connectivity index (χ1n) is 7.37. The van der Waals surface area contributed by atoms with Crippen LogP contribution >= 0.6 is 15.9 Å². The van der Waals surface area contributed by atoms with Crippen molar-refractivity contribution in [3.05, 3.63) is 57.8 Å². The van der Waals surface area contributed by atoms with Crippen LogP contribution in [0.1, 0.15) is 29.8 Å². The number of aryl methyl sites for hydroxylation is 1. The van der Waals surface area contributed by atoms with Crippen LogP contribution in [0.5, 0.6) is 5.75 Å². The highest BCUT2D eigenvalue weighted by molar-refractivity contribution is 9.10. The Bertz CT molecular complexity index is 880. The number of benzene rings is 2. The minimum Gasteiger partial charge on any atom is -0.496 e. The maximum absolute atomic E-state index is 6.21. The van der Waals surface area contributed by atoms with Gasteiger partial charge in [0.15, 0.2) is 0 Å². The van der Waals surface area contributed by atoms with E-state index >= 15 is 0 Å². The zero-order valence-electron chi connectivity index (χ0n) is 13.3. The summed E-state index contributed by atoms with van der Waals surface area (Å²) in [5.41, 5.74) is 9.24. The van der Waals surface area contributed by atoms with Crippen molar-refractivity contribution < 1.29 is 4.74 Å². The third-order valence-electron chi connectivity index (χ3n) is 4.01. The van der Waals surface area contributed by atoms with E-state index in [0.717, 1.165) is 26.7 Å². The van der Waals surface area contributed by atoms with E-state index in [0.29, 0.717) is 11.6 Å². The van der Waals surface area contributed by atoms with Crippen LogP contribution in [0.3, 0.4) is 0 Å². The van der Waals surface area contributed by atoms with Crippen LogP contribution in [0.4, 0.5) is 5.82 Å². The fraction of sp³-hybridized carbons (Fsp3) is 0.222. The van der Waals surface area contributed by atoms with Crippen molar-refractivity contribution in [2.45, 2.75) is 19.8 Å². The van der Waals surface area contributed by atoms with Crippen LogP contribution in [0.2, 0.25) is 0 Å². The Morgan fingerprint density at radius 2 is 1.96 bits per heavy atom. The molecule has 0 aliphatic rings. The summed E-state index contributed by atoms with van der Waals surface area (Å²) in [4.78, 5) is 8.84. The summed E-state index contributed by atoms with van der Waals surface area (Å²) in [5.74, 6) is 2.05. The molecule has 2 N–H and O–H groups in total. The molecule has 0 fully saturated rings. The van der Waals surface area contributed by atoms with E-state index in [1.165, 1.54) is 5.56 Å². The molecule has 1 atom stereocenters. The molecule has 0 amide bonds. The molecular weight excluding hydrogens is 354 g/mol. The second-order valence-corrected chi connectivity index (χ2v) is 6.42. The lowest BCUT2D eigenvalue weighted by atomic mass is 9.89. The Balaban J connectivity index is 2.30. The summed E-state index contributed by atoms with van der Waals surface area (Å²) in [6.45, 7) is 3.98. The molecular formula is C18H18BrN3O. The number of ether oxygens (including phenoxy) is 1. The fourth-order valence-electron chi connectivity index (χ4n) is 2.93. The minimum atomic E-state index is 0.0970. The molecule has 0 aliphatic carbocycles. The van der Waals surface area contributed by atoms with E-state index in [1.807, 2.05) is 31.2 Å². The molecule has 3 aromatic rings. The van der Waals surface area contributed by atoms with Crippen molar-refractivity contribution in [3.63, 3.8) is 0 Å². The number of hydrogen-bond acceptors (Lipinski definition) is 4. The van der Waals surface area contributed by atoms with Crippen LogP contribution in [0.25, 0.3) is 10.9 Å². The zero-order chi connectivity index (χ0) is 16.6. The van der Waals surface area contributed by atoms with Gasteiger partial charge in [-0.15, -0.1) is 0 Å². The van der Waals surface area contributed by atoms with Crippen molar-refractivity contribution in [1.29, 1.82) is 0 Å². The van der Waals surface area contributed by atoms with Gasteiger partial charge in [0, 0.05) is 21.3 Å². The lowest BCUT2D eigenvalue weighted by Gasteiger charge is -2.19. The van der Waals surface area contributed by atoms with Crippen molar-refractivity contribution in [3.8, 4) is 5.75 Å². The molecule has 1 aromatic heterocycles. The summed E-state index contributed by atoms with van der Waals surface area (Å²) in [7, 11) is 1.67. The van der Waals surface area contributed by atoms with Gasteiger partial charge in [0.2, 0.25) is 0 Å². The van der Waals surface area contributed by atoms with Crippen LogP contribution in [0, 0.1) is 6.92 Å². The number of hydrogen-bond donors (Lipinski definition) is 1. The van der Waals surface area contributed by atoms with E-state index in [-0.39, 0.29) is 5.92 Å². The predicted octanol–water partition coefficient (Wildman–Crippen LogP) is 4.44. The second kappa shape index (κ2) is 6.16. The molecule has 2 aromatic carbocycles. The van der Waals surface area contributed by atoms with Crippen molar-refractivity contribution in [2.75, 3.05) is 12.8 Å². The molecule has 23 heavy (non-hydrogen) atoms. The molecule has 0 saturated carbocycles. The van der Waals surface area contributed by atoms with Crippen LogP contribution in [0.15, 0.2) is 40.9 Å². The normalized spacial score (nSPS) is 12.3. The first kappa shape index (κ1) is 15.7. The van der Waals surface area contributed by atoms with Gasteiger partial charge in [-0.05, 0) is 36.8 Å². The topological polar surface area (TPSA) is 61.0 Å². The van der Waals surface area contributed by atoms with Crippen molar-refractivity contribution >= 4 is 32.7 Å². The summed E-state index contributed by atoms with van der Waals surface area (Å²) in [5, 5.41) is 0.863. The number of nitrogens with zero attached hydrogens (tertiary/aromatic N) is 2. The lowest BCUT2D eigenvalue weighted by Crippen LogP contribution is -2.05. The highest BCUT2D eigenvalue weighted by Gasteiger charge is 2.20. The van der Waals surface area contributed by atoms with E-state index in [1.54, 1.807) is 7.11 Å². The van der Waals surface area contributed by atoms with E-state index in [4.69, 9.17) is 10.5 Å². The van der Waals surface area contributed by atoms with Crippen molar-refractivity contribution in [1.82, 2.24) is 9.97 Å². The fourth-order valence-corrected chi connectivity index (χ4v) is 3.35. The standard InChI is InChI=1S/C18H18BrN3O/c1-10(12-5-4-6-13(19)9-12)16-15(23-3)8-7-14-17(16)18(20)22-11(2)21-14/h4-10H,1-3H3,(H2,20,21,22)/t10-/m1/s1. The number of aromatic nitrogens is 2. The monoisotopic (exact) mass is 371 g/mol. The van der Waals surface area contributed by atoms with Crippen LogP contribution in [-0.4, -0.2) is 17.1 Å². The molecule has 3 rings (SSSR count). The Morgan fingerprint density at radius 1 is 1.17 bits per heavy atom. The summed E-state index contributed by atoms with van der Waals surface area (Å²) < 4.78 is 6.63. The number of nitrogens with two attached hydrogens (primary N) is 1. The number of halogens is 1. The SMILES string of the molecule is COc1ccc2nc(C)nc(N)c2c1[C@H](C)c1cccc(Br)c1. The van der Waals surface area contributed by atoms with Gasteiger partial charge < -0.3 is 10.5 Å². The third kappa shape index (κ3) is 2.88. The smallest absolute Gasteiger partial charge is 0.135 e.